The number of hydrogen-bond acceptors (Lipinski definition) is 9. The topological polar surface area (TPSA) is 151 Å². The molecule has 1 aliphatic heterocycles. The highest BCUT2D eigenvalue weighted by Gasteiger charge is 2.41. The Morgan fingerprint density at radius 3 is 2.21 bits per heavy atom. The van der Waals surface area contributed by atoms with E-state index in [-0.39, 0.29) is 64.2 Å². The highest BCUT2D eigenvalue weighted by molar-refractivity contribution is 6.30. The van der Waals surface area contributed by atoms with Crippen molar-refractivity contribution in [2.75, 3.05) is 6.61 Å². The molecule has 5 rings (SSSR count). The van der Waals surface area contributed by atoms with Gasteiger partial charge in [-0.05, 0) is 18.6 Å². The molecule has 9 nitrogen and oxygen atoms in total. The number of carbonyl (C=O) groups is 3. The van der Waals surface area contributed by atoms with Gasteiger partial charge in [0.1, 0.15) is 17.6 Å². The molecule has 176 valence electrons. The van der Waals surface area contributed by atoms with E-state index in [4.69, 9.17) is 9.47 Å². The van der Waals surface area contributed by atoms with Crippen LogP contribution in [0.3, 0.4) is 0 Å². The normalized spacial score (nSPS) is 25.8. The van der Waals surface area contributed by atoms with Crippen molar-refractivity contribution in [1.29, 1.82) is 0 Å². The molecule has 0 spiro atoms. The van der Waals surface area contributed by atoms with E-state index in [0.29, 0.717) is 0 Å². The number of fused-ring (bicyclic) bond motifs is 3. The minimum Gasteiger partial charge on any atom is -0.507 e. The Morgan fingerprint density at radius 1 is 1.00 bits per heavy atom. The average molecular weight is 466 g/mol. The molecular weight excluding hydrogens is 444 g/mol. The third-order valence-electron chi connectivity index (χ3n) is 6.54. The van der Waals surface area contributed by atoms with E-state index in [1.54, 1.807) is 12.1 Å². The van der Waals surface area contributed by atoms with E-state index >= 15 is 0 Å². The van der Waals surface area contributed by atoms with Crippen LogP contribution in [-0.4, -0.2) is 62.9 Å². The number of carbonyl (C=O) groups excluding carboxylic acids is 3. The largest absolute Gasteiger partial charge is 0.507 e. The maximum Gasteiger partial charge on any atom is 0.198 e. The first-order chi connectivity index (χ1) is 16.2. The fourth-order valence-corrected chi connectivity index (χ4v) is 4.74. The number of ketones is 3. The summed E-state index contributed by atoms with van der Waals surface area (Å²) in [7, 11) is 0. The number of aliphatic hydroxyl groups is 2. The fraction of sp³-hybridized carbons (Fsp3) is 0.320. The molecule has 0 amide bonds. The summed E-state index contributed by atoms with van der Waals surface area (Å²) in [6.45, 7) is 1.16. The van der Waals surface area contributed by atoms with Gasteiger partial charge in [0.2, 0.25) is 0 Å². The summed E-state index contributed by atoms with van der Waals surface area (Å²) in [5.74, 6) is -2.58. The van der Waals surface area contributed by atoms with Gasteiger partial charge in [-0.25, -0.2) is 0 Å². The molecule has 2 aromatic rings. The Morgan fingerprint density at radius 2 is 1.62 bits per heavy atom. The number of rotatable bonds is 3. The lowest BCUT2D eigenvalue weighted by atomic mass is 9.77. The van der Waals surface area contributed by atoms with Crippen LogP contribution in [-0.2, 0) is 14.3 Å². The van der Waals surface area contributed by atoms with Gasteiger partial charge in [-0.15, -0.1) is 0 Å². The van der Waals surface area contributed by atoms with Crippen LogP contribution >= 0.6 is 0 Å². The first-order valence-corrected chi connectivity index (χ1v) is 10.8. The molecule has 4 N–H and O–H groups in total. The maximum atomic E-state index is 13.2. The fourth-order valence-electron chi connectivity index (χ4n) is 4.74. The number of aliphatic hydroxyl groups excluding tert-OH is 2. The van der Waals surface area contributed by atoms with E-state index in [1.807, 2.05) is 0 Å². The average Bonchev–Trinajstić information content (AvgIpc) is 2.81. The molecule has 9 heteroatoms. The lowest BCUT2D eigenvalue weighted by Gasteiger charge is -2.35. The number of phenolic OH excluding ortho intramolecular Hbond substituents is 2. The highest BCUT2D eigenvalue weighted by atomic mass is 16.7. The Kier molecular flexibility index (Phi) is 5.37. The third-order valence-corrected chi connectivity index (χ3v) is 6.54. The number of aromatic hydroxyl groups is 2. The Balaban J connectivity index is 1.67. The molecule has 1 fully saturated rings. The van der Waals surface area contributed by atoms with Gasteiger partial charge in [0.25, 0.3) is 0 Å². The van der Waals surface area contributed by atoms with Crippen LogP contribution in [0.25, 0.3) is 6.08 Å². The van der Waals surface area contributed by atoms with Gasteiger partial charge < -0.3 is 29.9 Å². The molecule has 2 aliphatic carbocycles. The molecule has 1 heterocycles. The van der Waals surface area contributed by atoms with Crippen molar-refractivity contribution in [2.24, 2.45) is 0 Å². The van der Waals surface area contributed by atoms with Crippen LogP contribution < -0.4 is 0 Å². The summed E-state index contributed by atoms with van der Waals surface area (Å²) < 4.78 is 11.4. The van der Waals surface area contributed by atoms with Crippen molar-refractivity contribution in [1.82, 2.24) is 0 Å². The maximum absolute atomic E-state index is 13.2. The molecule has 0 saturated carbocycles. The van der Waals surface area contributed by atoms with E-state index in [1.165, 1.54) is 25.1 Å². The molecule has 1 saturated heterocycles. The van der Waals surface area contributed by atoms with Crippen molar-refractivity contribution in [2.45, 2.75) is 44.4 Å². The second-order valence-electron chi connectivity index (χ2n) is 8.67. The van der Waals surface area contributed by atoms with E-state index in [9.17, 15) is 34.8 Å². The summed E-state index contributed by atoms with van der Waals surface area (Å²) in [4.78, 5) is 38.6. The summed E-state index contributed by atoms with van der Waals surface area (Å²) in [5, 5.41) is 42.0. The smallest absolute Gasteiger partial charge is 0.198 e. The van der Waals surface area contributed by atoms with Gasteiger partial charge in [-0.1, -0.05) is 24.3 Å². The van der Waals surface area contributed by atoms with E-state index in [0.717, 1.165) is 0 Å². The van der Waals surface area contributed by atoms with Gasteiger partial charge in [0.15, 0.2) is 23.6 Å². The van der Waals surface area contributed by atoms with E-state index in [2.05, 4.69) is 0 Å². The molecule has 0 aromatic heterocycles. The predicted octanol–water partition coefficient (Wildman–Crippen LogP) is 1.78. The SMILES string of the molecule is CC(=O)C1=Cc2c(O)c3c(c(O)c2[C@@H](O[C@H]2C[C@H](O)[C@H](O)CO2)C1)C(=O)c1ccccc1C3=O. The molecule has 0 radical (unpaired) electrons. The quantitative estimate of drug-likeness (QED) is 0.423. The van der Waals surface area contributed by atoms with Crippen LogP contribution in [0.1, 0.15) is 68.8 Å². The Hall–Kier alpha value is -3.37. The molecule has 0 unspecified atom stereocenters. The minimum absolute atomic E-state index is 0.00531. The van der Waals surface area contributed by atoms with Gasteiger partial charge >= 0.3 is 0 Å². The van der Waals surface area contributed by atoms with Crippen LogP contribution in [0.15, 0.2) is 29.8 Å². The Labute approximate surface area is 193 Å². The van der Waals surface area contributed by atoms with Gasteiger partial charge in [-0.3, -0.25) is 14.4 Å². The number of benzene rings is 2. The summed E-state index contributed by atoms with van der Waals surface area (Å²) in [5.41, 5.74) is -0.104. The summed E-state index contributed by atoms with van der Waals surface area (Å²) >= 11 is 0. The van der Waals surface area contributed by atoms with Crippen molar-refractivity contribution in [3.05, 3.63) is 63.2 Å². The van der Waals surface area contributed by atoms with Gasteiger partial charge in [0.05, 0.1) is 29.9 Å². The summed E-state index contributed by atoms with van der Waals surface area (Å²) in [6.07, 6.45) is -2.84. The zero-order chi connectivity index (χ0) is 24.3. The first-order valence-electron chi connectivity index (χ1n) is 10.8. The molecule has 2 aromatic carbocycles. The van der Waals surface area contributed by atoms with Crippen molar-refractivity contribution in [3.63, 3.8) is 0 Å². The zero-order valence-corrected chi connectivity index (χ0v) is 18.1. The minimum atomic E-state index is -1.09. The zero-order valence-electron chi connectivity index (χ0n) is 18.1. The van der Waals surface area contributed by atoms with Crippen molar-refractivity contribution >= 4 is 23.4 Å². The molecule has 4 atom stereocenters. The number of hydrogen-bond donors (Lipinski definition) is 4. The predicted molar refractivity (Wildman–Crippen MR) is 117 cm³/mol. The second kappa shape index (κ2) is 8.14. The van der Waals surface area contributed by atoms with Crippen LogP contribution in [0.4, 0.5) is 0 Å². The third kappa shape index (κ3) is 3.36. The second-order valence-corrected chi connectivity index (χ2v) is 8.67. The molecule has 34 heavy (non-hydrogen) atoms. The number of Topliss-reactive ketones (excluding diaryl/α,β-unsaturated/α-hetero) is 1. The molecule has 3 aliphatic rings. The monoisotopic (exact) mass is 466 g/mol. The standard InChI is InChI=1S/C25H22O9/c1-10(26)11-6-14-19(17(7-11)34-18-8-15(27)16(28)9-33-18)25(32)21-20(24(14)31)22(29)12-4-2-3-5-13(12)23(21)30/h2-6,15-18,27-28,31-32H,7-9H2,1H3/t15-,16+,17-,18-/m0/s1. The van der Waals surface area contributed by atoms with E-state index < -0.39 is 47.7 Å². The Bertz CT molecular complexity index is 1280. The van der Waals surface area contributed by atoms with Gasteiger partial charge in [-0.2, -0.15) is 0 Å². The van der Waals surface area contributed by atoms with Crippen molar-refractivity contribution < 1.29 is 44.3 Å². The van der Waals surface area contributed by atoms with Crippen LogP contribution in [0, 0.1) is 0 Å². The number of phenols is 2. The lowest BCUT2D eigenvalue weighted by Crippen LogP contribution is -2.42. The highest BCUT2D eigenvalue weighted by Crippen LogP contribution is 2.50. The lowest BCUT2D eigenvalue weighted by molar-refractivity contribution is -0.234. The molecule has 0 bridgehead atoms. The summed E-state index contributed by atoms with van der Waals surface area (Å²) in [6, 6.07) is 6.13. The van der Waals surface area contributed by atoms with Gasteiger partial charge in [0, 0.05) is 35.1 Å². The van der Waals surface area contributed by atoms with Crippen LogP contribution in [0.2, 0.25) is 0 Å². The van der Waals surface area contributed by atoms with Crippen LogP contribution in [0.5, 0.6) is 11.5 Å². The van der Waals surface area contributed by atoms with Crippen molar-refractivity contribution in [3.8, 4) is 11.5 Å². The number of ether oxygens (including phenoxy) is 2. The first kappa shape index (κ1) is 22.4. The molecular formula is C25H22O9.